The first-order chi connectivity index (χ1) is 7.61. The smallest absolute Gasteiger partial charge is 0.325 e. The maximum atomic E-state index is 10.8. The minimum atomic E-state index is -1.04. The van der Waals surface area contributed by atoms with Gasteiger partial charge in [-0.3, -0.25) is 4.79 Å². The second-order valence-electron chi connectivity index (χ2n) is 3.68. The second-order valence-corrected chi connectivity index (χ2v) is 3.68. The lowest BCUT2D eigenvalue weighted by Gasteiger charge is -2.22. The normalized spacial score (nSPS) is 16.1. The molecule has 0 fully saturated rings. The summed E-state index contributed by atoms with van der Waals surface area (Å²) in [6.45, 7) is 2.49. The molecule has 0 amide bonds. The van der Waals surface area contributed by atoms with Crippen LogP contribution in [-0.4, -0.2) is 17.9 Å². The molecule has 1 heterocycles. The number of hydrogen-bond acceptors (Lipinski definition) is 4. The Hall–Kier alpha value is -1.59. The van der Waals surface area contributed by atoms with E-state index in [4.69, 9.17) is 20.3 Å². The molecule has 1 atom stereocenters. The average Bonchev–Trinajstić information content (AvgIpc) is 2.29. The van der Waals surface area contributed by atoms with E-state index in [0.29, 0.717) is 12.2 Å². The summed E-state index contributed by atoms with van der Waals surface area (Å²) in [5.74, 6) is -0.300. The van der Waals surface area contributed by atoms with Crippen molar-refractivity contribution in [2.45, 2.75) is 19.6 Å². The highest BCUT2D eigenvalue weighted by Crippen LogP contribution is 2.30. The van der Waals surface area contributed by atoms with Gasteiger partial charge in [-0.15, -0.1) is 0 Å². The van der Waals surface area contributed by atoms with E-state index in [-0.39, 0.29) is 6.79 Å². The van der Waals surface area contributed by atoms with Crippen molar-refractivity contribution in [2.75, 3.05) is 6.79 Å². The quantitative estimate of drug-likeness (QED) is 0.779. The van der Waals surface area contributed by atoms with Crippen LogP contribution in [0.5, 0.6) is 5.75 Å². The molecule has 0 radical (unpaired) electrons. The van der Waals surface area contributed by atoms with Crippen molar-refractivity contribution >= 4 is 5.97 Å². The third-order valence-corrected chi connectivity index (χ3v) is 2.74. The highest BCUT2D eigenvalue weighted by Gasteiger charge is 2.21. The van der Waals surface area contributed by atoms with Crippen LogP contribution < -0.4 is 10.5 Å². The number of nitrogens with two attached hydrogens (primary N) is 1. The summed E-state index contributed by atoms with van der Waals surface area (Å²) in [4.78, 5) is 10.8. The van der Waals surface area contributed by atoms with Gasteiger partial charge in [-0.1, -0.05) is 6.07 Å². The minimum absolute atomic E-state index is 0.233. The highest BCUT2D eigenvalue weighted by atomic mass is 16.7. The van der Waals surface area contributed by atoms with Gasteiger partial charge in [-0.05, 0) is 24.1 Å². The highest BCUT2D eigenvalue weighted by molar-refractivity contribution is 5.76. The summed E-state index contributed by atoms with van der Waals surface area (Å²) in [6.07, 6.45) is 0. The molecule has 1 aromatic rings. The van der Waals surface area contributed by atoms with Crippen molar-refractivity contribution in [1.29, 1.82) is 0 Å². The molecule has 16 heavy (non-hydrogen) atoms. The number of benzene rings is 1. The van der Waals surface area contributed by atoms with Gasteiger partial charge in [-0.25, -0.2) is 0 Å². The number of aliphatic carboxylic acids is 1. The average molecular weight is 223 g/mol. The SMILES string of the molecule is Cc1c(C(N)C(=O)O)ccc2c1COCO2. The fraction of sp³-hybridized carbons (Fsp3) is 0.364. The molecule has 5 nitrogen and oxygen atoms in total. The van der Waals surface area contributed by atoms with Crippen LogP contribution in [0.1, 0.15) is 22.7 Å². The molecule has 1 unspecified atom stereocenters. The van der Waals surface area contributed by atoms with Gasteiger partial charge >= 0.3 is 5.97 Å². The number of carboxylic acid groups (broad SMARTS) is 1. The van der Waals surface area contributed by atoms with Crippen LogP contribution in [0.25, 0.3) is 0 Å². The van der Waals surface area contributed by atoms with E-state index >= 15 is 0 Å². The lowest BCUT2D eigenvalue weighted by molar-refractivity contribution is -0.138. The third kappa shape index (κ3) is 1.75. The molecular weight excluding hydrogens is 210 g/mol. The number of fused-ring (bicyclic) bond motifs is 1. The molecule has 1 aliphatic heterocycles. The van der Waals surface area contributed by atoms with Crippen molar-refractivity contribution in [3.8, 4) is 5.75 Å². The van der Waals surface area contributed by atoms with Gasteiger partial charge in [0.05, 0.1) is 6.61 Å². The molecule has 0 saturated heterocycles. The summed E-state index contributed by atoms with van der Waals surface area (Å²) in [5.41, 5.74) is 7.89. The molecular formula is C11H13NO4. The number of carboxylic acids is 1. The zero-order valence-corrected chi connectivity index (χ0v) is 8.90. The van der Waals surface area contributed by atoms with Gasteiger partial charge in [0.2, 0.25) is 0 Å². The molecule has 1 aromatic carbocycles. The first-order valence-electron chi connectivity index (χ1n) is 4.92. The van der Waals surface area contributed by atoms with Crippen LogP contribution >= 0.6 is 0 Å². The number of carbonyl (C=O) groups is 1. The standard InChI is InChI=1S/C11H13NO4/c1-6-7(10(12)11(13)14)2-3-9-8(6)4-15-5-16-9/h2-3,10H,4-5,12H2,1H3,(H,13,14). The molecule has 2 rings (SSSR count). The molecule has 0 bridgehead atoms. The molecule has 0 aliphatic carbocycles. The summed E-state index contributed by atoms with van der Waals surface area (Å²) in [6, 6.07) is 2.42. The Labute approximate surface area is 92.8 Å². The Balaban J connectivity index is 2.45. The monoisotopic (exact) mass is 223 g/mol. The van der Waals surface area contributed by atoms with Crippen LogP contribution in [0.2, 0.25) is 0 Å². The first kappa shape index (κ1) is 10.9. The van der Waals surface area contributed by atoms with Crippen LogP contribution in [0, 0.1) is 6.92 Å². The molecule has 5 heteroatoms. The van der Waals surface area contributed by atoms with E-state index in [2.05, 4.69) is 0 Å². The van der Waals surface area contributed by atoms with E-state index in [1.54, 1.807) is 12.1 Å². The zero-order valence-electron chi connectivity index (χ0n) is 8.90. The Kier molecular flexibility index (Phi) is 2.80. The van der Waals surface area contributed by atoms with Gasteiger partial charge in [-0.2, -0.15) is 0 Å². The van der Waals surface area contributed by atoms with Crippen LogP contribution in [-0.2, 0) is 16.1 Å². The molecule has 86 valence electrons. The summed E-state index contributed by atoms with van der Waals surface area (Å²) in [5, 5.41) is 8.88. The van der Waals surface area contributed by atoms with Crippen molar-refractivity contribution in [3.05, 3.63) is 28.8 Å². The van der Waals surface area contributed by atoms with Crippen molar-refractivity contribution in [3.63, 3.8) is 0 Å². The van der Waals surface area contributed by atoms with Crippen molar-refractivity contribution in [2.24, 2.45) is 5.73 Å². The van der Waals surface area contributed by atoms with Gasteiger partial charge < -0.3 is 20.3 Å². The van der Waals surface area contributed by atoms with Crippen LogP contribution in [0.3, 0.4) is 0 Å². The largest absolute Gasteiger partial charge is 0.480 e. The summed E-state index contributed by atoms with van der Waals surface area (Å²) in [7, 11) is 0. The maximum absolute atomic E-state index is 10.8. The van der Waals surface area contributed by atoms with Gasteiger partial charge in [0.15, 0.2) is 6.79 Å². The zero-order chi connectivity index (χ0) is 11.7. The fourth-order valence-electron chi connectivity index (χ4n) is 1.78. The van der Waals surface area contributed by atoms with E-state index in [1.807, 2.05) is 6.92 Å². The van der Waals surface area contributed by atoms with E-state index in [9.17, 15) is 4.79 Å². The van der Waals surface area contributed by atoms with Crippen LogP contribution in [0.4, 0.5) is 0 Å². The lowest BCUT2D eigenvalue weighted by Crippen LogP contribution is -2.23. The predicted octanol–water partition coefficient (Wildman–Crippen LogP) is 0.946. The Morgan fingerprint density at radius 1 is 1.56 bits per heavy atom. The Morgan fingerprint density at radius 2 is 2.31 bits per heavy atom. The van der Waals surface area contributed by atoms with Gasteiger partial charge in [0, 0.05) is 5.56 Å². The molecule has 0 saturated carbocycles. The van der Waals surface area contributed by atoms with E-state index in [1.165, 1.54) is 0 Å². The van der Waals surface area contributed by atoms with Crippen molar-refractivity contribution < 1.29 is 19.4 Å². The Morgan fingerprint density at radius 3 is 3.00 bits per heavy atom. The molecule has 3 N–H and O–H groups in total. The van der Waals surface area contributed by atoms with Crippen LogP contribution in [0.15, 0.2) is 12.1 Å². The summed E-state index contributed by atoms with van der Waals surface area (Å²) >= 11 is 0. The third-order valence-electron chi connectivity index (χ3n) is 2.74. The van der Waals surface area contributed by atoms with Gasteiger partial charge in [0.1, 0.15) is 11.8 Å². The molecule has 0 spiro atoms. The van der Waals surface area contributed by atoms with E-state index in [0.717, 1.165) is 16.9 Å². The number of rotatable bonds is 2. The minimum Gasteiger partial charge on any atom is -0.480 e. The number of ether oxygens (including phenoxy) is 2. The number of hydrogen-bond donors (Lipinski definition) is 2. The molecule has 0 aromatic heterocycles. The second kappa shape index (κ2) is 4.11. The van der Waals surface area contributed by atoms with E-state index < -0.39 is 12.0 Å². The topological polar surface area (TPSA) is 81.8 Å². The predicted molar refractivity (Wildman–Crippen MR) is 56.0 cm³/mol. The maximum Gasteiger partial charge on any atom is 0.325 e. The Bertz CT molecular complexity index is 430. The fourth-order valence-corrected chi connectivity index (χ4v) is 1.78. The molecule has 1 aliphatic rings. The van der Waals surface area contributed by atoms with Gasteiger partial charge in [0.25, 0.3) is 0 Å². The lowest BCUT2D eigenvalue weighted by atomic mass is 9.96. The first-order valence-corrected chi connectivity index (χ1v) is 4.92. The van der Waals surface area contributed by atoms with Crippen molar-refractivity contribution in [1.82, 2.24) is 0 Å². The summed E-state index contributed by atoms with van der Waals surface area (Å²) < 4.78 is 10.5.